The lowest BCUT2D eigenvalue weighted by atomic mass is 10.2. The van der Waals surface area contributed by atoms with Gasteiger partial charge in [-0.15, -0.1) is 0 Å². The van der Waals surface area contributed by atoms with Crippen LogP contribution in [-0.2, 0) is 11.3 Å². The normalized spacial score (nSPS) is 14.0. The van der Waals surface area contributed by atoms with E-state index in [1.165, 1.54) is 0 Å². The van der Waals surface area contributed by atoms with Crippen LogP contribution in [-0.4, -0.2) is 60.5 Å². The van der Waals surface area contributed by atoms with Gasteiger partial charge in [0.25, 0.3) is 5.91 Å². The molecule has 2 amide bonds. The molecule has 1 aromatic heterocycles. The van der Waals surface area contributed by atoms with Crippen LogP contribution < -0.4 is 15.0 Å². The summed E-state index contributed by atoms with van der Waals surface area (Å²) in [5, 5.41) is 2.88. The van der Waals surface area contributed by atoms with Crippen LogP contribution in [0.5, 0.6) is 5.75 Å². The number of hydrogen-bond acceptors (Lipinski definition) is 6. The Morgan fingerprint density at radius 3 is 2.67 bits per heavy atom. The Bertz CT molecular complexity index is 819. The first kappa shape index (κ1) is 18.6. The molecule has 2 heterocycles. The van der Waals surface area contributed by atoms with Crippen molar-refractivity contribution in [3.63, 3.8) is 0 Å². The van der Waals surface area contributed by atoms with Crippen LogP contribution in [0.2, 0.25) is 0 Å². The van der Waals surface area contributed by atoms with E-state index in [4.69, 9.17) is 4.74 Å². The number of nitrogens with one attached hydrogen (secondary N) is 1. The van der Waals surface area contributed by atoms with Crippen molar-refractivity contribution in [1.29, 1.82) is 0 Å². The number of benzene rings is 1. The van der Waals surface area contributed by atoms with Gasteiger partial charge in [-0.25, -0.2) is 9.97 Å². The molecular formula is C19H23N5O3. The number of methoxy groups -OCH3 is 1. The minimum absolute atomic E-state index is 0.265. The summed E-state index contributed by atoms with van der Waals surface area (Å²) in [5.74, 6) is 1.70. The fourth-order valence-corrected chi connectivity index (χ4v) is 3.00. The summed E-state index contributed by atoms with van der Waals surface area (Å²) in [4.78, 5) is 35.9. The molecule has 1 aliphatic rings. The quantitative estimate of drug-likeness (QED) is 0.765. The monoisotopic (exact) mass is 369 g/mol. The summed E-state index contributed by atoms with van der Waals surface area (Å²) in [6.45, 7) is 4.75. The van der Waals surface area contributed by atoms with E-state index in [-0.39, 0.29) is 5.91 Å². The van der Waals surface area contributed by atoms with E-state index in [1.807, 2.05) is 24.3 Å². The van der Waals surface area contributed by atoms with Gasteiger partial charge in [0.05, 0.1) is 7.11 Å². The Hall–Kier alpha value is -3.16. The Labute approximate surface area is 158 Å². The number of amides is 2. The number of nitrogens with zero attached hydrogens (tertiary/aromatic N) is 4. The molecule has 0 bridgehead atoms. The molecule has 0 spiro atoms. The highest BCUT2D eigenvalue weighted by atomic mass is 16.5. The van der Waals surface area contributed by atoms with Crippen molar-refractivity contribution >= 4 is 18.1 Å². The van der Waals surface area contributed by atoms with Crippen LogP contribution in [0, 0.1) is 6.92 Å². The summed E-state index contributed by atoms with van der Waals surface area (Å²) >= 11 is 0. The van der Waals surface area contributed by atoms with Gasteiger partial charge in [0.15, 0.2) is 0 Å². The molecule has 2 aromatic rings. The smallest absolute Gasteiger partial charge is 0.270 e. The molecule has 142 valence electrons. The number of carbonyl (C=O) groups is 2. The van der Waals surface area contributed by atoms with E-state index in [1.54, 1.807) is 25.0 Å². The first-order valence-electron chi connectivity index (χ1n) is 8.81. The van der Waals surface area contributed by atoms with Gasteiger partial charge in [0, 0.05) is 44.4 Å². The third-order valence-corrected chi connectivity index (χ3v) is 4.48. The van der Waals surface area contributed by atoms with Crippen LogP contribution in [0.1, 0.15) is 21.9 Å². The first-order chi connectivity index (χ1) is 13.1. The first-order valence-corrected chi connectivity index (χ1v) is 8.81. The number of aryl methyl sites for hydroxylation is 1. The summed E-state index contributed by atoms with van der Waals surface area (Å²) in [7, 11) is 1.60. The fourth-order valence-electron chi connectivity index (χ4n) is 3.00. The Balaban J connectivity index is 1.70. The van der Waals surface area contributed by atoms with Crippen LogP contribution in [0.3, 0.4) is 0 Å². The third-order valence-electron chi connectivity index (χ3n) is 4.48. The molecule has 0 atom stereocenters. The summed E-state index contributed by atoms with van der Waals surface area (Å²) in [5.41, 5.74) is 1.22. The van der Waals surface area contributed by atoms with E-state index in [2.05, 4.69) is 20.2 Å². The van der Waals surface area contributed by atoms with E-state index < -0.39 is 0 Å². The third kappa shape index (κ3) is 4.52. The molecule has 1 N–H and O–H groups in total. The second-order valence-corrected chi connectivity index (χ2v) is 6.28. The Morgan fingerprint density at radius 1 is 1.22 bits per heavy atom. The van der Waals surface area contributed by atoms with Crippen LogP contribution in [0.4, 0.5) is 5.82 Å². The number of carbonyl (C=O) groups excluding carboxylic acids is 2. The summed E-state index contributed by atoms with van der Waals surface area (Å²) in [6.07, 6.45) is 0.860. The average molecular weight is 369 g/mol. The van der Waals surface area contributed by atoms with Gasteiger partial charge in [-0.2, -0.15) is 0 Å². The predicted molar refractivity (Wildman–Crippen MR) is 101 cm³/mol. The molecule has 3 rings (SSSR count). The maximum absolute atomic E-state index is 12.6. The van der Waals surface area contributed by atoms with Gasteiger partial charge >= 0.3 is 0 Å². The van der Waals surface area contributed by atoms with Crippen LogP contribution >= 0.6 is 0 Å². The molecule has 0 aliphatic carbocycles. The van der Waals surface area contributed by atoms with Gasteiger partial charge < -0.3 is 19.9 Å². The number of aromatic nitrogens is 2. The Kier molecular flexibility index (Phi) is 5.85. The zero-order chi connectivity index (χ0) is 19.2. The zero-order valence-corrected chi connectivity index (χ0v) is 15.5. The lowest BCUT2D eigenvalue weighted by Crippen LogP contribution is -2.46. The zero-order valence-electron chi connectivity index (χ0n) is 15.5. The average Bonchev–Trinajstić information content (AvgIpc) is 2.71. The predicted octanol–water partition coefficient (Wildman–Crippen LogP) is 1.00. The van der Waals surface area contributed by atoms with Crippen molar-refractivity contribution < 1.29 is 14.3 Å². The molecule has 1 aliphatic heterocycles. The van der Waals surface area contributed by atoms with Crippen molar-refractivity contribution in [2.75, 3.05) is 38.2 Å². The van der Waals surface area contributed by atoms with Gasteiger partial charge in [-0.05, 0) is 13.0 Å². The van der Waals surface area contributed by atoms with Gasteiger partial charge in [0.1, 0.15) is 23.1 Å². The second-order valence-electron chi connectivity index (χ2n) is 6.28. The Morgan fingerprint density at radius 2 is 1.96 bits per heavy atom. The highest BCUT2D eigenvalue weighted by Crippen LogP contribution is 2.18. The highest BCUT2D eigenvalue weighted by Gasteiger charge is 2.19. The number of piperazine rings is 1. The molecular weight excluding hydrogens is 346 g/mol. The number of para-hydroxylation sites is 1. The molecule has 1 fully saturated rings. The maximum atomic E-state index is 12.6. The fraction of sp³-hybridized carbons (Fsp3) is 0.368. The summed E-state index contributed by atoms with van der Waals surface area (Å²) < 4.78 is 5.31. The van der Waals surface area contributed by atoms with Crippen molar-refractivity contribution in [2.24, 2.45) is 0 Å². The van der Waals surface area contributed by atoms with Gasteiger partial charge in [-0.3, -0.25) is 9.59 Å². The van der Waals surface area contributed by atoms with E-state index in [0.717, 1.165) is 17.7 Å². The molecule has 0 saturated carbocycles. The standard InChI is InChI=1S/C19H23N5O3/c1-14-21-16(11-18(22-14)24-9-7-23(13-25)8-10-24)19(26)20-12-15-5-3-4-6-17(15)27-2/h3-6,11,13H,7-10,12H2,1-2H3,(H,20,26). The topological polar surface area (TPSA) is 87.7 Å². The van der Waals surface area contributed by atoms with Crippen molar-refractivity contribution in [2.45, 2.75) is 13.5 Å². The number of hydrogen-bond donors (Lipinski definition) is 1. The van der Waals surface area contributed by atoms with E-state index >= 15 is 0 Å². The number of ether oxygens (including phenoxy) is 1. The van der Waals surface area contributed by atoms with Crippen LogP contribution in [0.15, 0.2) is 30.3 Å². The highest BCUT2D eigenvalue weighted by molar-refractivity contribution is 5.93. The summed E-state index contributed by atoms with van der Waals surface area (Å²) in [6, 6.07) is 9.24. The molecule has 1 aromatic carbocycles. The molecule has 8 heteroatoms. The second kappa shape index (κ2) is 8.48. The molecule has 1 saturated heterocycles. The van der Waals surface area contributed by atoms with Gasteiger partial charge in [-0.1, -0.05) is 18.2 Å². The molecule has 0 unspecified atom stereocenters. The lowest BCUT2D eigenvalue weighted by Gasteiger charge is -2.33. The minimum Gasteiger partial charge on any atom is -0.496 e. The SMILES string of the molecule is COc1ccccc1CNC(=O)c1cc(N2CCN(C=O)CC2)nc(C)n1. The molecule has 27 heavy (non-hydrogen) atoms. The maximum Gasteiger partial charge on any atom is 0.270 e. The number of anilines is 1. The van der Waals surface area contributed by atoms with Crippen molar-refractivity contribution in [3.05, 3.63) is 47.4 Å². The van der Waals surface area contributed by atoms with Gasteiger partial charge in [0.2, 0.25) is 6.41 Å². The molecule has 8 nitrogen and oxygen atoms in total. The lowest BCUT2D eigenvalue weighted by molar-refractivity contribution is -0.118. The molecule has 0 radical (unpaired) electrons. The minimum atomic E-state index is -0.265. The van der Waals surface area contributed by atoms with Crippen LogP contribution in [0.25, 0.3) is 0 Å². The van der Waals surface area contributed by atoms with Crippen molar-refractivity contribution in [1.82, 2.24) is 20.2 Å². The largest absolute Gasteiger partial charge is 0.496 e. The van der Waals surface area contributed by atoms with Crippen molar-refractivity contribution in [3.8, 4) is 5.75 Å². The number of rotatable bonds is 6. The van der Waals surface area contributed by atoms with E-state index in [0.29, 0.717) is 50.1 Å². The van der Waals surface area contributed by atoms with E-state index in [9.17, 15) is 9.59 Å².